The molecule has 0 aliphatic carbocycles. The Morgan fingerprint density at radius 2 is 1.93 bits per heavy atom. The third-order valence-electron chi connectivity index (χ3n) is 3.87. The number of hydrazone groups is 1. The van der Waals surface area contributed by atoms with E-state index in [1.54, 1.807) is 12.3 Å². The number of carbonyl (C=O) groups is 1. The molecule has 0 fully saturated rings. The number of aryl methyl sites for hydroxylation is 1. The smallest absolute Gasteiger partial charge is 0.277 e. The van der Waals surface area contributed by atoms with E-state index in [9.17, 15) is 4.79 Å². The Balaban J connectivity index is 1.83. The lowest BCUT2D eigenvalue weighted by molar-refractivity contribution is -0.123. The number of carbonyl (C=O) groups excluding carboxylic acids is 1. The number of hydrogen-bond donors (Lipinski definition) is 1. The van der Waals surface area contributed by atoms with Crippen molar-refractivity contribution in [1.29, 1.82) is 0 Å². The van der Waals surface area contributed by atoms with E-state index in [4.69, 9.17) is 21.1 Å². The maximum atomic E-state index is 12.0. The molecule has 0 saturated carbocycles. The van der Waals surface area contributed by atoms with Crippen molar-refractivity contribution in [2.45, 2.75) is 26.7 Å². The summed E-state index contributed by atoms with van der Waals surface area (Å²) in [4.78, 5) is 12.0. The fourth-order valence-electron chi connectivity index (χ4n) is 2.43. The molecule has 0 spiro atoms. The van der Waals surface area contributed by atoms with Crippen LogP contribution in [0, 0.1) is 6.92 Å². The van der Waals surface area contributed by atoms with Gasteiger partial charge in [0.25, 0.3) is 5.91 Å². The van der Waals surface area contributed by atoms with E-state index in [0.717, 1.165) is 28.2 Å². The van der Waals surface area contributed by atoms with Crippen molar-refractivity contribution in [3.63, 3.8) is 0 Å². The second-order valence-corrected chi connectivity index (χ2v) is 6.77. The van der Waals surface area contributed by atoms with Crippen molar-refractivity contribution in [2.75, 3.05) is 13.2 Å². The molecule has 6 heteroatoms. The van der Waals surface area contributed by atoms with Crippen LogP contribution >= 0.6 is 11.6 Å². The van der Waals surface area contributed by atoms with Crippen LogP contribution in [0.4, 0.5) is 0 Å². The van der Waals surface area contributed by atoms with Gasteiger partial charge in [0.05, 0.1) is 6.21 Å². The van der Waals surface area contributed by atoms with Gasteiger partial charge in [0.15, 0.2) is 6.61 Å². The number of hydrogen-bond acceptors (Lipinski definition) is 4. The van der Waals surface area contributed by atoms with Crippen LogP contribution in [0.3, 0.4) is 0 Å². The maximum Gasteiger partial charge on any atom is 0.277 e. The van der Waals surface area contributed by atoms with Crippen LogP contribution in [0.1, 0.15) is 36.5 Å². The van der Waals surface area contributed by atoms with Crippen molar-refractivity contribution in [2.24, 2.45) is 5.10 Å². The van der Waals surface area contributed by atoms with E-state index in [-0.39, 0.29) is 12.5 Å². The van der Waals surface area contributed by atoms with Crippen LogP contribution in [0.2, 0.25) is 0 Å². The second kappa shape index (κ2) is 11.1. The van der Waals surface area contributed by atoms with Crippen LogP contribution in [0.15, 0.2) is 59.2 Å². The molecule has 0 heterocycles. The Morgan fingerprint density at radius 1 is 1.18 bits per heavy atom. The second-order valence-electron chi connectivity index (χ2n) is 6.52. The molecule has 0 radical (unpaired) electrons. The number of halogens is 1. The van der Waals surface area contributed by atoms with Crippen molar-refractivity contribution >= 4 is 23.7 Å². The molecular formula is C22H25ClN2O3. The molecule has 1 amide bonds. The minimum Gasteiger partial charge on any atom is -0.490 e. The topological polar surface area (TPSA) is 59.9 Å². The third-order valence-corrected chi connectivity index (χ3v) is 4.05. The van der Waals surface area contributed by atoms with Crippen molar-refractivity contribution in [1.82, 2.24) is 5.43 Å². The molecule has 148 valence electrons. The molecule has 0 aromatic heterocycles. The SMILES string of the molecule is Cc1ccc(C(C)C)c(OCC(=O)N/N=C\c2ccc(OC/C=C/Cl)cc2)c1. The molecule has 0 bridgehead atoms. The fourth-order valence-corrected chi connectivity index (χ4v) is 2.50. The lowest BCUT2D eigenvalue weighted by Gasteiger charge is -2.14. The Bertz CT molecular complexity index is 830. The number of nitrogens with one attached hydrogen (secondary N) is 1. The standard InChI is InChI=1S/C22H25ClN2O3/c1-16(2)20-10-5-17(3)13-21(20)28-15-22(26)25-24-14-18-6-8-19(9-7-18)27-12-4-11-23/h4-11,13-14,16H,12,15H2,1-3H3,(H,25,26)/b11-4+,24-14-. The molecule has 2 rings (SSSR count). The highest BCUT2D eigenvalue weighted by molar-refractivity contribution is 6.25. The first kappa shape index (κ1) is 21.5. The first-order valence-electron chi connectivity index (χ1n) is 9.03. The predicted octanol–water partition coefficient (Wildman–Crippen LogP) is 4.78. The fraction of sp³-hybridized carbons (Fsp3) is 0.273. The number of rotatable bonds is 9. The minimum absolute atomic E-state index is 0.0959. The van der Waals surface area contributed by atoms with Crippen molar-refractivity contribution in [3.8, 4) is 11.5 Å². The Labute approximate surface area is 171 Å². The van der Waals surface area contributed by atoms with E-state index in [2.05, 4.69) is 24.4 Å². The summed E-state index contributed by atoms with van der Waals surface area (Å²) in [6.45, 7) is 6.49. The van der Waals surface area contributed by atoms with Gasteiger partial charge < -0.3 is 9.47 Å². The largest absolute Gasteiger partial charge is 0.490 e. The van der Waals surface area contributed by atoms with Crippen LogP contribution < -0.4 is 14.9 Å². The van der Waals surface area contributed by atoms with Gasteiger partial charge in [-0.1, -0.05) is 37.6 Å². The summed E-state index contributed by atoms with van der Waals surface area (Å²) in [6.07, 6.45) is 3.27. The number of amides is 1. The highest BCUT2D eigenvalue weighted by atomic mass is 35.5. The molecule has 0 saturated heterocycles. The lowest BCUT2D eigenvalue weighted by atomic mass is 10.0. The van der Waals surface area contributed by atoms with E-state index in [1.165, 1.54) is 5.54 Å². The van der Waals surface area contributed by atoms with Gasteiger partial charge in [-0.05, 0) is 65.9 Å². The predicted molar refractivity (Wildman–Crippen MR) is 113 cm³/mol. The normalized spacial score (nSPS) is 11.3. The number of ether oxygens (including phenoxy) is 2. The van der Waals surface area contributed by atoms with Crippen molar-refractivity contribution < 1.29 is 14.3 Å². The molecule has 0 aliphatic rings. The van der Waals surface area contributed by atoms with Gasteiger partial charge in [-0.15, -0.1) is 0 Å². The zero-order valence-electron chi connectivity index (χ0n) is 16.3. The van der Waals surface area contributed by atoms with Crippen molar-refractivity contribution in [3.05, 3.63) is 70.8 Å². The van der Waals surface area contributed by atoms with Gasteiger partial charge in [0, 0.05) is 5.54 Å². The Morgan fingerprint density at radius 3 is 2.61 bits per heavy atom. The summed E-state index contributed by atoms with van der Waals surface area (Å²) in [6, 6.07) is 13.3. The van der Waals surface area contributed by atoms with Gasteiger partial charge in [0.2, 0.25) is 0 Å². The maximum absolute atomic E-state index is 12.0. The van der Waals surface area contributed by atoms with Crippen LogP contribution in [-0.2, 0) is 4.79 Å². The molecule has 2 aromatic rings. The molecule has 0 unspecified atom stereocenters. The summed E-state index contributed by atoms with van der Waals surface area (Å²) < 4.78 is 11.1. The van der Waals surface area contributed by atoms with E-state index in [0.29, 0.717) is 12.5 Å². The zero-order chi connectivity index (χ0) is 20.4. The minimum atomic E-state index is -0.319. The Kier molecular flexibility index (Phi) is 8.56. The van der Waals surface area contributed by atoms with Crippen LogP contribution in [0.5, 0.6) is 11.5 Å². The highest BCUT2D eigenvalue weighted by Crippen LogP contribution is 2.27. The zero-order valence-corrected chi connectivity index (χ0v) is 17.1. The van der Waals surface area contributed by atoms with E-state index in [1.807, 2.05) is 49.4 Å². The summed E-state index contributed by atoms with van der Waals surface area (Å²) in [5, 5.41) is 3.96. The van der Waals surface area contributed by atoms with Crippen LogP contribution in [-0.4, -0.2) is 25.3 Å². The summed E-state index contributed by atoms with van der Waals surface area (Å²) in [5.41, 5.74) is 6.88. The Hall–Kier alpha value is -2.79. The monoisotopic (exact) mass is 400 g/mol. The molecular weight excluding hydrogens is 376 g/mol. The van der Waals surface area contributed by atoms with E-state index < -0.39 is 0 Å². The average Bonchev–Trinajstić information content (AvgIpc) is 2.67. The summed E-state index contributed by atoms with van der Waals surface area (Å²) in [7, 11) is 0. The third kappa shape index (κ3) is 7.08. The quantitative estimate of drug-likeness (QED) is 0.486. The first-order valence-corrected chi connectivity index (χ1v) is 9.46. The number of nitrogens with zero attached hydrogens (tertiary/aromatic N) is 1. The lowest BCUT2D eigenvalue weighted by Crippen LogP contribution is -2.25. The molecule has 0 atom stereocenters. The van der Waals surface area contributed by atoms with Crippen LogP contribution in [0.25, 0.3) is 0 Å². The molecule has 1 N–H and O–H groups in total. The molecule has 0 aliphatic heterocycles. The summed E-state index contributed by atoms with van der Waals surface area (Å²) >= 11 is 5.44. The van der Waals surface area contributed by atoms with Gasteiger partial charge in [0.1, 0.15) is 18.1 Å². The van der Waals surface area contributed by atoms with Gasteiger partial charge in [-0.3, -0.25) is 4.79 Å². The van der Waals surface area contributed by atoms with Gasteiger partial charge >= 0.3 is 0 Å². The average molecular weight is 401 g/mol. The molecule has 28 heavy (non-hydrogen) atoms. The van der Waals surface area contributed by atoms with Gasteiger partial charge in [-0.25, -0.2) is 5.43 Å². The molecule has 5 nitrogen and oxygen atoms in total. The van der Waals surface area contributed by atoms with E-state index >= 15 is 0 Å². The number of benzene rings is 2. The molecule has 2 aromatic carbocycles. The van der Waals surface area contributed by atoms with Gasteiger partial charge in [-0.2, -0.15) is 5.10 Å². The summed E-state index contributed by atoms with van der Waals surface area (Å²) in [5.74, 6) is 1.45. The highest BCUT2D eigenvalue weighted by Gasteiger charge is 2.10. The first-order chi connectivity index (χ1) is 13.5.